The standard InChI is InChI=1S/C17H18ClF3N2O3/c18-12-2-1-3-13(9-12)23-10-11(8-15(23)24)16(25)22-6-4-14(5-7-22)26-17(19,20)21/h1-3,9,11,14H,4-8,10H2. The Balaban J connectivity index is 1.57. The van der Waals surface area contributed by atoms with Gasteiger partial charge in [0.05, 0.1) is 12.0 Å². The van der Waals surface area contributed by atoms with Crippen molar-refractivity contribution in [3.05, 3.63) is 29.3 Å². The lowest BCUT2D eigenvalue weighted by Crippen LogP contribution is -2.45. The molecule has 0 spiro atoms. The summed E-state index contributed by atoms with van der Waals surface area (Å²) >= 11 is 5.95. The van der Waals surface area contributed by atoms with Crippen LogP contribution in [-0.4, -0.2) is 48.8 Å². The van der Waals surface area contributed by atoms with Crippen molar-refractivity contribution in [2.24, 2.45) is 5.92 Å². The molecular formula is C17H18ClF3N2O3. The largest absolute Gasteiger partial charge is 0.522 e. The fourth-order valence-electron chi connectivity index (χ4n) is 3.41. The molecule has 2 saturated heterocycles. The molecule has 0 radical (unpaired) electrons. The van der Waals surface area contributed by atoms with Crippen molar-refractivity contribution in [1.82, 2.24) is 4.90 Å². The summed E-state index contributed by atoms with van der Waals surface area (Å²) in [5, 5.41) is 0.497. The summed E-state index contributed by atoms with van der Waals surface area (Å²) in [6.45, 7) is 0.639. The third-order valence-electron chi connectivity index (χ3n) is 4.65. The lowest BCUT2D eigenvalue weighted by atomic mass is 10.0. The van der Waals surface area contributed by atoms with Gasteiger partial charge in [0.25, 0.3) is 0 Å². The highest BCUT2D eigenvalue weighted by atomic mass is 35.5. The number of amides is 2. The van der Waals surface area contributed by atoms with E-state index in [1.165, 1.54) is 9.80 Å². The van der Waals surface area contributed by atoms with Crippen LogP contribution in [0.25, 0.3) is 0 Å². The summed E-state index contributed by atoms with van der Waals surface area (Å²) in [4.78, 5) is 27.9. The van der Waals surface area contributed by atoms with Crippen LogP contribution in [-0.2, 0) is 14.3 Å². The minimum absolute atomic E-state index is 0.0876. The van der Waals surface area contributed by atoms with Crippen molar-refractivity contribution in [2.75, 3.05) is 24.5 Å². The molecule has 0 N–H and O–H groups in total. The minimum atomic E-state index is -4.66. The number of likely N-dealkylation sites (tertiary alicyclic amines) is 1. The minimum Gasteiger partial charge on any atom is -0.342 e. The summed E-state index contributed by atoms with van der Waals surface area (Å²) in [5.41, 5.74) is 0.634. The van der Waals surface area contributed by atoms with E-state index in [1.807, 2.05) is 0 Å². The molecule has 2 amide bonds. The van der Waals surface area contributed by atoms with Gasteiger partial charge in [-0.1, -0.05) is 17.7 Å². The van der Waals surface area contributed by atoms with Crippen LogP contribution in [0.1, 0.15) is 19.3 Å². The van der Waals surface area contributed by atoms with E-state index in [4.69, 9.17) is 11.6 Å². The van der Waals surface area contributed by atoms with Crippen LogP contribution in [0.15, 0.2) is 24.3 Å². The first-order valence-corrected chi connectivity index (χ1v) is 8.70. The van der Waals surface area contributed by atoms with Crippen LogP contribution in [0.2, 0.25) is 5.02 Å². The molecule has 3 rings (SSSR count). The maximum Gasteiger partial charge on any atom is 0.522 e. The Morgan fingerprint density at radius 1 is 1.23 bits per heavy atom. The van der Waals surface area contributed by atoms with Gasteiger partial charge in [0, 0.05) is 36.8 Å². The van der Waals surface area contributed by atoms with Gasteiger partial charge in [0.1, 0.15) is 0 Å². The second-order valence-corrected chi connectivity index (χ2v) is 6.91. The Morgan fingerprint density at radius 2 is 1.92 bits per heavy atom. The second-order valence-electron chi connectivity index (χ2n) is 6.47. The molecule has 2 fully saturated rings. The quantitative estimate of drug-likeness (QED) is 0.796. The van der Waals surface area contributed by atoms with E-state index in [-0.39, 0.29) is 50.7 Å². The van der Waals surface area contributed by atoms with Crippen molar-refractivity contribution in [1.29, 1.82) is 0 Å². The van der Waals surface area contributed by atoms with Gasteiger partial charge in [-0.15, -0.1) is 13.2 Å². The number of nitrogens with zero attached hydrogens (tertiary/aromatic N) is 2. The highest BCUT2D eigenvalue weighted by Crippen LogP contribution is 2.30. The van der Waals surface area contributed by atoms with Crippen molar-refractivity contribution < 1.29 is 27.5 Å². The third kappa shape index (κ3) is 4.48. The number of alkyl halides is 3. The topological polar surface area (TPSA) is 49.9 Å². The first-order chi connectivity index (χ1) is 12.2. The number of hydrogen-bond donors (Lipinski definition) is 0. The van der Waals surface area contributed by atoms with Crippen molar-refractivity contribution in [2.45, 2.75) is 31.7 Å². The molecule has 9 heteroatoms. The number of piperidine rings is 1. The molecule has 0 aliphatic carbocycles. The maximum absolute atomic E-state index is 12.6. The number of hydrogen-bond acceptors (Lipinski definition) is 3. The number of carbonyl (C=O) groups is 2. The van der Waals surface area contributed by atoms with E-state index >= 15 is 0 Å². The van der Waals surface area contributed by atoms with Gasteiger partial charge in [-0.05, 0) is 31.0 Å². The Labute approximate surface area is 153 Å². The van der Waals surface area contributed by atoms with Gasteiger partial charge < -0.3 is 9.80 Å². The van der Waals surface area contributed by atoms with Crippen LogP contribution in [0, 0.1) is 5.92 Å². The van der Waals surface area contributed by atoms with E-state index in [0.717, 1.165) is 0 Å². The zero-order chi connectivity index (χ0) is 18.9. The van der Waals surface area contributed by atoms with Gasteiger partial charge in [-0.25, -0.2) is 0 Å². The Morgan fingerprint density at radius 3 is 2.54 bits per heavy atom. The Hall–Kier alpha value is -1.80. The Kier molecular flexibility index (Phi) is 5.43. The molecule has 26 heavy (non-hydrogen) atoms. The van der Waals surface area contributed by atoms with Crippen molar-refractivity contribution in [3.63, 3.8) is 0 Å². The number of ether oxygens (including phenoxy) is 1. The molecule has 1 atom stereocenters. The summed E-state index contributed by atoms with van der Waals surface area (Å²) in [6, 6.07) is 6.83. The summed E-state index contributed by atoms with van der Waals surface area (Å²) < 4.78 is 40.8. The predicted octanol–water partition coefficient (Wildman–Crippen LogP) is 3.22. The summed E-state index contributed by atoms with van der Waals surface area (Å²) in [7, 11) is 0. The molecule has 2 aliphatic heterocycles. The highest BCUT2D eigenvalue weighted by Gasteiger charge is 2.40. The zero-order valence-corrected chi connectivity index (χ0v) is 14.6. The fourth-order valence-corrected chi connectivity index (χ4v) is 3.59. The zero-order valence-electron chi connectivity index (χ0n) is 13.8. The molecule has 2 heterocycles. The number of halogens is 4. The van der Waals surface area contributed by atoms with Gasteiger partial charge in [0.2, 0.25) is 11.8 Å². The molecule has 2 aliphatic rings. The molecule has 1 aromatic rings. The Bertz CT molecular complexity index is 690. The maximum atomic E-state index is 12.6. The van der Waals surface area contributed by atoms with E-state index in [9.17, 15) is 22.8 Å². The molecule has 5 nitrogen and oxygen atoms in total. The highest BCUT2D eigenvalue weighted by molar-refractivity contribution is 6.30. The van der Waals surface area contributed by atoms with Crippen LogP contribution in [0.4, 0.5) is 18.9 Å². The first-order valence-electron chi connectivity index (χ1n) is 8.32. The van der Waals surface area contributed by atoms with Gasteiger partial charge in [-0.3, -0.25) is 14.3 Å². The lowest BCUT2D eigenvalue weighted by Gasteiger charge is -2.33. The van der Waals surface area contributed by atoms with E-state index < -0.39 is 18.4 Å². The molecule has 0 bridgehead atoms. The number of rotatable bonds is 3. The smallest absolute Gasteiger partial charge is 0.342 e. The average molecular weight is 391 g/mol. The summed E-state index contributed by atoms with van der Waals surface area (Å²) in [5.74, 6) is -0.865. The second kappa shape index (κ2) is 7.44. The monoisotopic (exact) mass is 390 g/mol. The lowest BCUT2D eigenvalue weighted by molar-refractivity contribution is -0.345. The van der Waals surface area contributed by atoms with Crippen molar-refractivity contribution in [3.8, 4) is 0 Å². The van der Waals surface area contributed by atoms with Crippen molar-refractivity contribution >= 4 is 29.1 Å². The molecule has 1 unspecified atom stereocenters. The van der Waals surface area contributed by atoms with E-state index in [0.29, 0.717) is 10.7 Å². The van der Waals surface area contributed by atoms with E-state index in [1.54, 1.807) is 24.3 Å². The molecule has 142 valence electrons. The number of benzene rings is 1. The molecule has 0 aromatic heterocycles. The third-order valence-corrected chi connectivity index (χ3v) is 4.88. The molecule has 1 aromatic carbocycles. The number of anilines is 1. The van der Waals surface area contributed by atoms with E-state index in [2.05, 4.69) is 4.74 Å². The van der Waals surface area contributed by atoms with Gasteiger partial charge >= 0.3 is 6.36 Å². The SMILES string of the molecule is O=C(C1CC(=O)N(c2cccc(Cl)c2)C1)N1CCC(OC(F)(F)F)CC1. The van der Waals surface area contributed by atoms with Crippen LogP contribution in [0.3, 0.4) is 0 Å². The summed E-state index contributed by atoms with van der Waals surface area (Å²) in [6.07, 6.45) is -5.24. The van der Waals surface area contributed by atoms with Crippen LogP contribution < -0.4 is 4.90 Å². The predicted molar refractivity (Wildman–Crippen MR) is 88.7 cm³/mol. The van der Waals surface area contributed by atoms with Gasteiger partial charge in [0.15, 0.2) is 0 Å². The van der Waals surface area contributed by atoms with Crippen LogP contribution >= 0.6 is 11.6 Å². The molecular weight excluding hydrogens is 373 g/mol. The fraction of sp³-hybridized carbons (Fsp3) is 0.529. The number of carbonyl (C=O) groups excluding carboxylic acids is 2. The molecule has 0 saturated carbocycles. The first kappa shape index (κ1) is 19.0. The van der Waals surface area contributed by atoms with Gasteiger partial charge in [-0.2, -0.15) is 0 Å². The normalized spacial score (nSPS) is 22.2. The average Bonchev–Trinajstić information content (AvgIpc) is 2.95. The van der Waals surface area contributed by atoms with Crippen LogP contribution in [0.5, 0.6) is 0 Å².